The number of hydrogen-bond donors (Lipinski definition) is 0. The third-order valence-electron chi connectivity index (χ3n) is 5.77. The second-order valence-corrected chi connectivity index (χ2v) is 13.2. The van der Waals surface area contributed by atoms with E-state index in [1.807, 2.05) is 25.3 Å². The number of esters is 1. The third-order valence-corrected chi connectivity index (χ3v) is 11.9. The van der Waals surface area contributed by atoms with E-state index in [4.69, 9.17) is 9.72 Å². The molecule has 1 heterocycles. The summed E-state index contributed by atoms with van der Waals surface area (Å²) in [5, 5.41) is 2.67. The highest BCUT2D eigenvalue weighted by Crippen LogP contribution is 2.33. The molecule has 0 spiro atoms. The Bertz CT molecular complexity index is 763. The van der Waals surface area contributed by atoms with Gasteiger partial charge in [0.2, 0.25) is 0 Å². The van der Waals surface area contributed by atoms with E-state index in [-0.39, 0.29) is 5.97 Å². The number of pyridine rings is 1. The Morgan fingerprint density at radius 3 is 2.32 bits per heavy atom. The predicted octanol–water partition coefficient (Wildman–Crippen LogP) is 4.98. The van der Waals surface area contributed by atoms with Gasteiger partial charge >= 0.3 is 5.97 Å². The van der Waals surface area contributed by atoms with Gasteiger partial charge < -0.3 is 4.74 Å². The smallest absolute Gasteiger partial charge is 0.338 e. The maximum Gasteiger partial charge on any atom is 0.338 e. The van der Waals surface area contributed by atoms with Crippen molar-refractivity contribution in [2.24, 2.45) is 0 Å². The molecular formula is C24H35NO2Si. The van der Waals surface area contributed by atoms with Crippen LogP contribution in [0.25, 0.3) is 0 Å². The minimum absolute atomic E-state index is 0.231. The monoisotopic (exact) mass is 397 g/mol. The third kappa shape index (κ3) is 4.38. The molecule has 0 saturated carbocycles. The molecule has 4 heteroatoms. The van der Waals surface area contributed by atoms with E-state index in [9.17, 15) is 4.79 Å². The molecule has 2 rings (SSSR count). The van der Waals surface area contributed by atoms with Gasteiger partial charge in [-0.2, -0.15) is 0 Å². The fraction of sp³-hybridized carbons (Fsp3) is 0.500. The van der Waals surface area contributed by atoms with Gasteiger partial charge in [-0.3, -0.25) is 4.98 Å². The van der Waals surface area contributed by atoms with Crippen molar-refractivity contribution in [3.63, 3.8) is 0 Å². The molecule has 0 aliphatic heterocycles. The van der Waals surface area contributed by atoms with Crippen LogP contribution in [0.1, 0.15) is 70.3 Å². The van der Waals surface area contributed by atoms with E-state index in [1.54, 1.807) is 0 Å². The van der Waals surface area contributed by atoms with Crippen LogP contribution < -0.4 is 10.5 Å². The Labute approximate surface area is 171 Å². The van der Waals surface area contributed by atoms with Gasteiger partial charge in [-0.05, 0) is 65.9 Å². The SMILES string of the molecule is CCCCc1cc(C(=O)OCC)ccc1[Si](c1ccccn1)(C(C)C)C(C)C. The van der Waals surface area contributed by atoms with Crippen LogP contribution >= 0.6 is 0 Å². The summed E-state index contributed by atoms with van der Waals surface area (Å²) in [5.74, 6) is -0.231. The lowest BCUT2D eigenvalue weighted by atomic mass is 10.1. The number of nitrogens with zero attached hydrogens (tertiary/aromatic N) is 1. The maximum absolute atomic E-state index is 12.3. The van der Waals surface area contributed by atoms with Gasteiger partial charge in [-0.1, -0.05) is 53.2 Å². The summed E-state index contributed by atoms with van der Waals surface area (Å²) < 4.78 is 5.25. The molecule has 0 bridgehead atoms. The van der Waals surface area contributed by atoms with Gasteiger partial charge in [0, 0.05) is 11.5 Å². The molecule has 0 radical (unpaired) electrons. The molecular weight excluding hydrogens is 362 g/mol. The summed E-state index contributed by atoms with van der Waals surface area (Å²) in [4.78, 5) is 17.2. The van der Waals surface area contributed by atoms with Crippen LogP contribution in [0.15, 0.2) is 42.6 Å². The molecule has 0 unspecified atom stereocenters. The molecule has 0 amide bonds. The first-order valence-electron chi connectivity index (χ1n) is 10.6. The number of unbranched alkanes of at least 4 members (excludes halogenated alkanes) is 1. The molecule has 0 saturated heterocycles. The van der Waals surface area contributed by atoms with E-state index in [0.29, 0.717) is 23.3 Å². The van der Waals surface area contributed by atoms with Gasteiger partial charge in [0.05, 0.1) is 12.2 Å². The van der Waals surface area contributed by atoms with E-state index in [2.05, 4.69) is 58.9 Å². The van der Waals surface area contributed by atoms with Crippen molar-refractivity contribution in [2.75, 3.05) is 6.61 Å². The topological polar surface area (TPSA) is 39.2 Å². The van der Waals surface area contributed by atoms with Crippen molar-refractivity contribution >= 4 is 24.5 Å². The number of aromatic nitrogens is 1. The van der Waals surface area contributed by atoms with E-state index >= 15 is 0 Å². The number of carbonyl (C=O) groups is 1. The van der Waals surface area contributed by atoms with Crippen molar-refractivity contribution < 1.29 is 9.53 Å². The lowest BCUT2D eigenvalue weighted by molar-refractivity contribution is 0.0526. The number of hydrogen-bond acceptors (Lipinski definition) is 3. The molecule has 3 nitrogen and oxygen atoms in total. The van der Waals surface area contributed by atoms with Gasteiger partial charge in [-0.25, -0.2) is 4.79 Å². The Hall–Kier alpha value is -1.94. The van der Waals surface area contributed by atoms with E-state index in [1.165, 1.54) is 16.1 Å². The fourth-order valence-corrected chi connectivity index (χ4v) is 10.3. The van der Waals surface area contributed by atoms with E-state index in [0.717, 1.165) is 19.3 Å². The summed E-state index contributed by atoms with van der Waals surface area (Å²) >= 11 is 0. The Kier molecular flexibility index (Phi) is 7.99. The molecule has 0 aliphatic rings. The normalized spacial score (nSPS) is 11.9. The summed E-state index contributed by atoms with van der Waals surface area (Å²) in [6.45, 7) is 13.8. The largest absolute Gasteiger partial charge is 0.462 e. The molecule has 1 aromatic carbocycles. The van der Waals surface area contributed by atoms with Crippen molar-refractivity contribution in [1.82, 2.24) is 4.98 Å². The molecule has 1 aromatic heterocycles. The molecule has 2 aromatic rings. The zero-order valence-electron chi connectivity index (χ0n) is 18.3. The standard InChI is InChI=1S/C24H35NO2Si/c1-7-9-12-20-17-21(24(26)27-8-2)14-15-22(20)28(18(3)4,19(5)6)23-13-10-11-16-25-23/h10-11,13-19H,7-9,12H2,1-6H3. The summed E-state index contributed by atoms with van der Waals surface area (Å²) in [7, 11) is -2.14. The zero-order chi connectivity index (χ0) is 20.7. The predicted molar refractivity (Wildman–Crippen MR) is 120 cm³/mol. The number of rotatable bonds is 9. The molecule has 152 valence electrons. The first-order chi connectivity index (χ1) is 13.4. The summed E-state index contributed by atoms with van der Waals surface area (Å²) in [5.41, 5.74) is 2.95. The number of carbonyl (C=O) groups excluding carboxylic acids is 1. The zero-order valence-corrected chi connectivity index (χ0v) is 19.3. The fourth-order valence-electron chi connectivity index (χ4n) is 4.54. The van der Waals surface area contributed by atoms with Crippen LogP contribution in [0.2, 0.25) is 11.1 Å². The molecule has 0 atom stereocenters. The quantitative estimate of drug-likeness (QED) is 0.442. The van der Waals surface area contributed by atoms with Crippen molar-refractivity contribution in [3.8, 4) is 0 Å². The molecule has 0 aliphatic carbocycles. The molecule has 0 N–H and O–H groups in total. The van der Waals surface area contributed by atoms with Gasteiger partial charge in [0.1, 0.15) is 8.07 Å². The minimum Gasteiger partial charge on any atom is -0.462 e. The highest BCUT2D eigenvalue weighted by molar-refractivity contribution is 7.03. The first-order valence-corrected chi connectivity index (χ1v) is 12.8. The van der Waals surface area contributed by atoms with Crippen LogP contribution in [0.4, 0.5) is 0 Å². The van der Waals surface area contributed by atoms with Crippen LogP contribution in [0.5, 0.6) is 0 Å². The Morgan fingerprint density at radius 2 is 1.79 bits per heavy atom. The second kappa shape index (κ2) is 10.0. The van der Waals surface area contributed by atoms with Gasteiger partial charge in [0.15, 0.2) is 0 Å². The van der Waals surface area contributed by atoms with Crippen molar-refractivity contribution in [3.05, 3.63) is 53.7 Å². The average Bonchev–Trinajstić information content (AvgIpc) is 2.68. The van der Waals surface area contributed by atoms with Crippen LogP contribution in [0, 0.1) is 0 Å². The van der Waals surface area contributed by atoms with Gasteiger partial charge in [0.25, 0.3) is 0 Å². The number of ether oxygens (including phenoxy) is 1. The maximum atomic E-state index is 12.3. The first kappa shape index (κ1) is 22.3. The van der Waals surface area contributed by atoms with Crippen molar-refractivity contribution in [2.45, 2.75) is 71.9 Å². The number of aryl methyl sites for hydroxylation is 1. The van der Waals surface area contributed by atoms with Crippen LogP contribution in [0.3, 0.4) is 0 Å². The van der Waals surface area contributed by atoms with Crippen LogP contribution in [-0.4, -0.2) is 25.6 Å². The molecule has 28 heavy (non-hydrogen) atoms. The number of benzene rings is 1. The van der Waals surface area contributed by atoms with E-state index < -0.39 is 8.07 Å². The van der Waals surface area contributed by atoms with Gasteiger partial charge in [-0.15, -0.1) is 0 Å². The highest BCUT2D eigenvalue weighted by atomic mass is 28.3. The summed E-state index contributed by atoms with van der Waals surface area (Å²) in [6, 6.07) is 12.5. The Morgan fingerprint density at radius 1 is 1.07 bits per heavy atom. The highest BCUT2D eigenvalue weighted by Gasteiger charge is 2.46. The average molecular weight is 398 g/mol. The second-order valence-electron chi connectivity index (χ2n) is 8.09. The van der Waals surface area contributed by atoms with Crippen LogP contribution in [-0.2, 0) is 11.2 Å². The van der Waals surface area contributed by atoms with Crippen molar-refractivity contribution in [1.29, 1.82) is 0 Å². The molecule has 0 fully saturated rings. The lowest BCUT2D eigenvalue weighted by Crippen LogP contribution is -2.64. The Balaban J connectivity index is 2.72. The minimum atomic E-state index is -2.14. The summed E-state index contributed by atoms with van der Waals surface area (Å²) in [6.07, 6.45) is 5.15. The lowest BCUT2D eigenvalue weighted by Gasteiger charge is -2.40.